The molecule has 8 nitrogen and oxygen atoms in total. The normalized spacial score (nSPS) is 15.7. The van der Waals surface area contributed by atoms with E-state index in [0.717, 1.165) is 36.5 Å². The number of piperazine rings is 1. The van der Waals surface area contributed by atoms with Crippen molar-refractivity contribution in [2.24, 2.45) is 0 Å². The third-order valence-electron chi connectivity index (χ3n) is 4.92. The first-order chi connectivity index (χ1) is 13.2. The molecule has 2 amide bonds. The molecule has 1 N–H and O–H groups in total. The van der Waals surface area contributed by atoms with Crippen LogP contribution in [-0.2, 0) is 0 Å². The fourth-order valence-electron chi connectivity index (χ4n) is 3.36. The van der Waals surface area contributed by atoms with Gasteiger partial charge in [-0.3, -0.25) is 4.98 Å². The molecule has 1 aliphatic heterocycles. The van der Waals surface area contributed by atoms with Crippen molar-refractivity contribution >= 4 is 17.5 Å². The summed E-state index contributed by atoms with van der Waals surface area (Å²) in [4.78, 5) is 25.1. The molecule has 1 aliphatic rings. The fourth-order valence-corrected chi connectivity index (χ4v) is 3.36. The maximum atomic E-state index is 12.7. The Bertz CT molecular complexity index is 903. The van der Waals surface area contributed by atoms with Gasteiger partial charge in [0.25, 0.3) is 0 Å². The number of aromatic nitrogens is 4. The smallest absolute Gasteiger partial charge is 0.318 e. The number of carbonyl (C=O) groups is 1. The van der Waals surface area contributed by atoms with Gasteiger partial charge in [-0.1, -0.05) is 13.0 Å². The Kier molecular flexibility index (Phi) is 4.86. The van der Waals surface area contributed by atoms with E-state index in [0.29, 0.717) is 13.1 Å². The van der Waals surface area contributed by atoms with Crippen LogP contribution in [0.5, 0.6) is 0 Å². The largest absolute Gasteiger partial charge is 0.352 e. The SMILES string of the molecule is CC[C@H](NC(=O)N1CCN(c2ccc3nccn3n2)CC1)c1cccnc1. The lowest BCUT2D eigenvalue weighted by Gasteiger charge is -2.36. The summed E-state index contributed by atoms with van der Waals surface area (Å²) >= 11 is 0. The number of nitrogens with one attached hydrogen (secondary N) is 1. The zero-order valence-electron chi connectivity index (χ0n) is 15.3. The van der Waals surface area contributed by atoms with E-state index in [1.54, 1.807) is 16.9 Å². The number of nitrogens with zero attached hydrogens (tertiary/aromatic N) is 6. The maximum absolute atomic E-state index is 12.7. The number of carbonyl (C=O) groups excluding carboxylic acids is 1. The highest BCUT2D eigenvalue weighted by atomic mass is 16.2. The van der Waals surface area contributed by atoms with E-state index in [2.05, 4.69) is 32.2 Å². The van der Waals surface area contributed by atoms with Gasteiger partial charge in [-0.25, -0.2) is 14.3 Å². The monoisotopic (exact) mass is 365 g/mol. The summed E-state index contributed by atoms with van der Waals surface area (Å²) in [7, 11) is 0. The van der Waals surface area contributed by atoms with Crippen LogP contribution in [0.1, 0.15) is 24.9 Å². The second-order valence-electron chi connectivity index (χ2n) is 6.59. The Hall–Kier alpha value is -3.16. The van der Waals surface area contributed by atoms with E-state index >= 15 is 0 Å². The predicted octanol–water partition coefficient (Wildman–Crippen LogP) is 2.11. The van der Waals surface area contributed by atoms with E-state index < -0.39 is 0 Å². The van der Waals surface area contributed by atoms with Gasteiger partial charge < -0.3 is 15.1 Å². The van der Waals surface area contributed by atoms with Crippen LogP contribution in [0.4, 0.5) is 10.6 Å². The molecule has 1 atom stereocenters. The number of hydrogen-bond acceptors (Lipinski definition) is 5. The van der Waals surface area contributed by atoms with Crippen molar-refractivity contribution in [2.45, 2.75) is 19.4 Å². The fraction of sp³-hybridized carbons (Fsp3) is 0.368. The minimum atomic E-state index is -0.0247. The molecule has 4 heterocycles. The molecule has 0 unspecified atom stereocenters. The number of rotatable bonds is 4. The van der Waals surface area contributed by atoms with Crippen molar-refractivity contribution in [1.82, 2.24) is 29.8 Å². The topological polar surface area (TPSA) is 78.7 Å². The van der Waals surface area contributed by atoms with Crippen LogP contribution in [0.3, 0.4) is 0 Å². The van der Waals surface area contributed by atoms with Gasteiger partial charge in [-0.05, 0) is 30.2 Å². The van der Waals surface area contributed by atoms with Gasteiger partial charge in [0.2, 0.25) is 0 Å². The molecule has 0 saturated carbocycles. The molecule has 3 aromatic rings. The third-order valence-corrected chi connectivity index (χ3v) is 4.92. The average molecular weight is 365 g/mol. The first kappa shape index (κ1) is 17.3. The number of hydrogen-bond donors (Lipinski definition) is 1. The van der Waals surface area contributed by atoms with Crippen LogP contribution < -0.4 is 10.2 Å². The van der Waals surface area contributed by atoms with Gasteiger partial charge >= 0.3 is 6.03 Å². The van der Waals surface area contributed by atoms with Gasteiger partial charge in [0.1, 0.15) is 5.82 Å². The lowest BCUT2D eigenvalue weighted by molar-refractivity contribution is 0.189. The minimum Gasteiger partial charge on any atom is -0.352 e. The molecule has 0 spiro atoms. The molecule has 0 radical (unpaired) electrons. The van der Waals surface area contributed by atoms with Crippen molar-refractivity contribution in [3.05, 3.63) is 54.6 Å². The zero-order chi connectivity index (χ0) is 18.6. The summed E-state index contributed by atoms with van der Waals surface area (Å²) < 4.78 is 1.77. The molecule has 27 heavy (non-hydrogen) atoms. The van der Waals surface area contributed by atoms with E-state index in [9.17, 15) is 4.79 Å². The quantitative estimate of drug-likeness (QED) is 0.766. The first-order valence-electron chi connectivity index (χ1n) is 9.25. The van der Waals surface area contributed by atoms with Gasteiger partial charge in [-0.15, -0.1) is 5.10 Å². The van der Waals surface area contributed by atoms with E-state index in [-0.39, 0.29) is 12.1 Å². The van der Waals surface area contributed by atoms with Crippen LogP contribution in [-0.4, -0.2) is 56.7 Å². The van der Waals surface area contributed by atoms with Gasteiger partial charge in [0.05, 0.1) is 6.04 Å². The molecule has 3 aromatic heterocycles. The Morgan fingerprint density at radius 1 is 1.19 bits per heavy atom. The summed E-state index contributed by atoms with van der Waals surface area (Å²) in [5.41, 5.74) is 1.86. The molecular weight excluding hydrogens is 342 g/mol. The Morgan fingerprint density at radius 3 is 2.78 bits per heavy atom. The summed E-state index contributed by atoms with van der Waals surface area (Å²) in [5.74, 6) is 0.905. The molecule has 4 rings (SSSR count). The number of pyridine rings is 1. The van der Waals surface area contributed by atoms with Crippen LogP contribution in [0, 0.1) is 0 Å². The number of urea groups is 1. The van der Waals surface area contributed by atoms with Crippen molar-refractivity contribution in [2.75, 3.05) is 31.1 Å². The average Bonchev–Trinajstić information content (AvgIpc) is 3.20. The standard InChI is InChI=1S/C19H23N7O/c1-2-16(15-4-3-7-20-14-15)22-19(27)25-12-10-24(11-13-25)18-6-5-17-21-8-9-26(17)23-18/h3-9,14,16H,2,10-13H2,1H3,(H,22,27)/t16-/m0/s1. The minimum absolute atomic E-state index is 0.0189. The van der Waals surface area contributed by atoms with Gasteiger partial charge in [0.15, 0.2) is 5.65 Å². The second-order valence-corrected chi connectivity index (χ2v) is 6.59. The number of fused-ring (bicyclic) bond motifs is 1. The van der Waals surface area contributed by atoms with E-state index in [1.165, 1.54) is 0 Å². The van der Waals surface area contributed by atoms with Crippen LogP contribution in [0.25, 0.3) is 5.65 Å². The van der Waals surface area contributed by atoms with Gasteiger partial charge in [-0.2, -0.15) is 0 Å². The summed E-state index contributed by atoms with van der Waals surface area (Å²) in [5, 5.41) is 7.71. The molecular formula is C19H23N7O. The number of imidazole rings is 1. The van der Waals surface area contributed by atoms with Crippen LogP contribution >= 0.6 is 0 Å². The highest BCUT2D eigenvalue weighted by molar-refractivity contribution is 5.75. The third kappa shape index (κ3) is 3.69. The van der Waals surface area contributed by atoms with Crippen molar-refractivity contribution < 1.29 is 4.79 Å². The Morgan fingerprint density at radius 2 is 2.04 bits per heavy atom. The summed E-state index contributed by atoms with van der Waals surface area (Å²) in [6.45, 7) is 4.90. The highest BCUT2D eigenvalue weighted by Gasteiger charge is 2.24. The van der Waals surface area contributed by atoms with Crippen molar-refractivity contribution in [3.63, 3.8) is 0 Å². The van der Waals surface area contributed by atoms with Crippen molar-refractivity contribution in [1.29, 1.82) is 0 Å². The summed E-state index contributed by atoms with van der Waals surface area (Å²) in [6.07, 6.45) is 7.95. The second kappa shape index (κ2) is 7.61. The van der Waals surface area contributed by atoms with Gasteiger partial charge in [0, 0.05) is 51.0 Å². The predicted molar refractivity (Wildman–Crippen MR) is 103 cm³/mol. The first-order valence-corrected chi connectivity index (χ1v) is 9.25. The van der Waals surface area contributed by atoms with Crippen molar-refractivity contribution in [3.8, 4) is 0 Å². The van der Waals surface area contributed by atoms with E-state index in [1.807, 2.05) is 41.6 Å². The number of amides is 2. The summed E-state index contributed by atoms with van der Waals surface area (Å²) in [6, 6.07) is 7.79. The Balaban J connectivity index is 1.36. The zero-order valence-corrected chi connectivity index (χ0v) is 15.3. The molecule has 0 bridgehead atoms. The number of anilines is 1. The molecule has 0 aliphatic carbocycles. The lowest BCUT2D eigenvalue weighted by Crippen LogP contribution is -2.52. The lowest BCUT2D eigenvalue weighted by atomic mass is 10.1. The molecule has 0 aromatic carbocycles. The maximum Gasteiger partial charge on any atom is 0.318 e. The molecule has 1 fully saturated rings. The Labute approximate surface area is 157 Å². The van der Waals surface area contributed by atoms with E-state index in [4.69, 9.17) is 0 Å². The highest BCUT2D eigenvalue weighted by Crippen LogP contribution is 2.17. The molecule has 140 valence electrons. The van der Waals surface area contributed by atoms with Crippen LogP contribution in [0.2, 0.25) is 0 Å². The molecule has 1 saturated heterocycles. The molecule has 8 heteroatoms. The van der Waals surface area contributed by atoms with Crippen LogP contribution in [0.15, 0.2) is 49.1 Å².